The fourth-order valence-corrected chi connectivity index (χ4v) is 6.40. The molecule has 0 spiro atoms. The van der Waals surface area contributed by atoms with E-state index in [-0.39, 0.29) is 23.2 Å². The molecule has 4 aromatic rings. The molecule has 46 heavy (non-hydrogen) atoms. The van der Waals surface area contributed by atoms with Crippen molar-refractivity contribution in [3.8, 4) is 28.8 Å². The van der Waals surface area contributed by atoms with E-state index < -0.39 is 11.4 Å². The Morgan fingerprint density at radius 1 is 1.11 bits per heavy atom. The fraction of sp³-hybridized carbons (Fsp3) is 0.371. The van der Waals surface area contributed by atoms with Gasteiger partial charge in [-0.25, -0.2) is 9.37 Å². The highest BCUT2D eigenvalue weighted by atomic mass is 19.1. The van der Waals surface area contributed by atoms with E-state index >= 15 is 4.39 Å². The van der Waals surface area contributed by atoms with Crippen LogP contribution in [-0.4, -0.2) is 87.2 Å². The van der Waals surface area contributed by atoms with Gasteiger partial charge >= 0.3 is 0 Å². The molecule has 2 N–H and O–H groups in total. The third-order valence-corrected chi connectivity index (χ3v) is 9.04. The van der Waals surface area contributed by atoms with Crippen molar-refractivity contribution in [2.75, 3.05) is 52.0 Å². The number of nitrogens with two attached hydrogens (primary N) is 1. The molecule has 10 nitrogen and oxygen atoms in total. The monoisotopic (exact) mass is 622 g/mol. The second kappa shape index (κ2) is 12.9. The van der Waals surface area contributed by atoms with Gasteiger partial charge in [0.15, 0.2) is 0 Å². The molecule has 2 aliphatic heterocycles. The molecule has 6 rings (SSSR count). The van der Waals surface area contributed by atoms with E-state index in [9.17, 15) is 10.1 Å². The summed E-state index contributed by atoms with van der Waals surface area (Å²) in [5.74, 6) is 0.598. The summed E-state index contributed by atoms with van der Waals surface area (Å²) in [6.45, 7) is 9.32. The normalized spacial score (nSPS) is 18.2. The minimum absolute atomic E-state index is 0.0892. The summed E-state index contributed by atoms with van der Waals surface area (Å²) in [6.07, 6.45) is 4.19. The number of aromatic nitrogens is 3. The van der Waals surface area contributed by atoms with Crippen LogP contribution in [0, 0.1) is 23.1 Å². The Bertz CT molecular complexity index is 1800. The standard InChI is InChI=1S/C35H39FN8O2/c1-35(2,43-17-15-41(3)16-18-43)20-25(21-37)34(45)42-14-12-24(22-42)23-44-30-11-13-39-33(38)31(30)32(40-44)28-10-9-27(19-29(28)36)46-26-7-5-4-6-8-26/h4-11,13,19-20,24H,12,14-18,22-23H2,1-3H3,(H2,38,39). The molecule has 2 saturated heterocycles. The number of hydrogen-bond acceptors (Lipinski definition) is 8. The topological polar surface area (TPSA) is 117 Å². The van der Waals surface area contributed by atoms with Crippen molar-refractivity contribution in [1.82, 2.24) is 29.5 Å². The number of carbonyl (C=O) groups excluding carboxylic acids is 1. The first-order chi connectivity index (χ1) is 22.1. The number of likely N-dealkylation sites (N-methyl/N-ethyl adjacent to an activating group) is 1. The number of nitriles is 1. The minimum Gasteiger partial charge on any atom is -0.457 e. The van der Waals surface area contributed by atoms with Crippen LogP contribution < -0.4 is 10.5 Å². The molecular formula is C35H39FN8O2. The summed E-state index contributed by atoms with van der Waals surface area (Å²) in [4.78, 5) is 24.1. The number of pyridine rings is 1. The minimum atomic E-state index is -0.490. The van der Waals surface area contributed by atoms with Crippen LogP contribution in [0.2, 0.25) is 0 Å². The summed E-state index contributed by atoms with van der Waals surface area (Å²) < 4.78 is 23.2. The molecular weight excluding hydrogens is 583 g/mol. The maximum absolute atomic E-state index is 15.5. The Hall–Kier alpha value is -4.79. The van der Waals surface area contributed by atoms with Crippen LogP contribution in [-0.2, 0) is 11.3 Å². The van der Waals surface area contributed by atoms with Gasteiger partial charge in [-0.1, -0.05) is 18.2 Å². The second-order valence-electron chi connectivity index (χ2n) is 12.7. The van der Waals surface area contributed by atoms with Crippen molar-refractivity contribution in [1.29, 1.82) is 5.26 Å². The first-order valence-corrected chi connectivity index (χ1v) is 15.6. The summed E-state index contributed by atoms with van der Waals surface area (Å²) >= 11 is 0. The number of carbonyl (C=O) groups is 1. The van der Waals surface area contributed by atoms with Crippen LogP contribution >= 0.6 is 0 Å². The number of hydrogen-bond donors (Lipinski definition) is 1. The van der Waals surface area contributed by atoms with Gasteiger partial charge < -0.3 is 20.3 Å². The SMILES string of the molecule is CN1CCN(C(C)(C)C=C(C#N)C(=O)N2CCC(Cn3nc(-c4ccc(Oc5ccccc5)cc4F)c4c(N)nccc43)C2)CC1. The van der Waals surface area contributed by atoms with Gasteiger partial charge in [0.05, 0.1) is 10.9 Å². The molecule has 4 heterocycles. The van der Waals surface area contributed by atoms with Crippen LogP contribution in [0.3, 0.4) is 0 Å². The Morgan fingerprint density at radius 3 is 2.59 bits per heavy atom. The zero-order chi connectivity index (χ0) is 32.4. The highest BCUT2D eigenvalue weighted by molar-refractivity contribution is 6.00. The van der Waals surface area contributed by atoms with Crippen LogP contribution in [0.5, 0.6) is 11.5 Å². The molecule has 1 atom stereocenters. The summed E-state index contributed by atoms with van der Waals surface area (Å²) in [5, 5.41) is 15.4. The average Bonchev–Trinajstić information content (AvgIpc) is 3.66. The van der Waals surface area contributed by atoms with E-state index in [1.165, 1.54) is 6.07 Å². The van der Waals surface area contributed by atoms with Crippen LogP contribution in [0.4, 0.5) is 10.2 Å². The van der Waals surface area contributed by atoms with E-state index in [1.807, 2.05) is 35.0 Å². The lowest BCUT2D eigenvalue weighted by Crippen LogP contribution is -2.53. The number of rotatable bonds is 8. The van der Waals surface area contributed by atoms with Crippen molar-refractivity contribution >= 4 is 22.6 Å². The van der Waals surface area contributed by atoms with Crippen LogP contribution in [0.15, 0.2) is 72.4 Å². The molecule has 2 aliphatic rings. The second-order valence-corrected chi connectivity index (χ2v) is 12.7. The smallest absolute Gasteiger partial charge is 0.264 e. The lowest BCUT2D eigenvalue weighted by molar-refractivity contribution is -0.125. The van der Waals surface area contributed by atoms with Gasteiger partial charge in [-0.05, 0) is 69.6 Å². The van der Waals surface area contributed by atoms with E-state index in [4.69, 9.17) is 15.6 Å². The summed E-state index contributed by atoms with van der Waals surface area (Å²) in [6, 6.07) is 17.9. The number of piperazine rings is 1. The molecule has 0 aliphatic carbocycles. The first-order valence-electron chi connectivity index (χ1n) is 15.6. The van der Waals surface area contributed by atoms with Crippen LogP contribution in [0.25, 0.3) is 22.2 Å². The maximum Gasteiger partial charge on any atom is 0.264 e. The van der Waals surface area contributed by atoms with Gasteiger partial charge in [0, 0.05) is 69.2 Å². The number of para-hydroxylation sites is 1. The van der Waals surface area contributed by atoms with Gasteiger partial charge in [-0.3, -0.25) is 14.4 Å². The van der Waals surface area contributed by atoms with Crippen molar-refractivity contribution in [2.24, 2.45) is 5.92 Å². The van der Waals surface area contributed by atoms with E-state index in [0.717, 1.165) is 38.1 Å². The molecule has 0 bridgehead atoms. The van der Waals surface area contributed by atoms with E-state index in [2.05, 4.69) is 41.7 Å². The highest BCUT2D eigenvalue weighted by Crippen LogP contribution is 2.35. The predicted octanol–water partition coefficient (Wildman–Crippen LogP) is 4.94. The Balaban J connectivity index is 1.19. The molecule has 2 fully saturated rings. The third kappa shape index (κ3) is 6.45. The molecule has 11 heteroatoms. The van der Waals surface area contributed by atoms with Gasteiger partial charge in [-0.15, -0.1) is 0 Å². The van der Waals surface area contributed by atoms with Crippen molar-refractivity contribution in [3.05, 3.63) is 78.3 Å². The Morgan fingerprint density at radius 2 is 1.87 bits per heavy atom. The molecule has 2 aromatic carbocycles. The van der Waals surface area contributed by atoms with Crippen molar-refractivity contribution in [2.45, 2.75) is 32.4 Å². The number of benzene rings is 2. The number of ether oxygens (including phenoxy) is 1. The lowest BCUT2D eigenvalue weighted by Gasteiger charge is -2.41. The first kappa shape index (κ1) is 31.2. The number of likely N-dealkylation sites (tertiary alicyclic amines) is 1. The Labute approximate surface area is 268 Å². The molecule has 1 amide bonds. The van der Waals surface area contributed by atoms with Crippen LogP contribution in [0.1, 0.15) is 20.3 Å². The number of nitrogen functional groups attached to an aromatic ring is 1. The largest absolute Gasteiger partial charge is 0.457 e. The molecule has 2 aromatic heterocycles. The number of nitrogens with zero attached hydrogens (tertiary/aromatic N) is 7. The molecule has 1 unspecified atom stereocenters. The summed E-state index contributed by atoms with van der Waals surface area (Å²) in [7, 11) is 2.10. The summed E-state index contributed by atoms with van der Waals surface area (Å²) in [5.41, 5.74) is 7.50. The maximum atomic E-state index is 15.5. The lowest BCUT2D eigenvalue weighted by atomic mass is 9.97. The van der Waals surface area contributed by atoms with Gasteiger partial charge in [0.2, 0.25) is 0 Å². The number of halogens is 1. The highest BCUT2D eigenvalue weighted by Gasteiger charge is 2.33. The fourth-order valence-electron chi connectivity index (χ4n) is 6.40. The molecule has 238 valence electrons. The van der Waals surface area contributed by atoms with Crippen molar-refractivity contribution in [3.63, 3.8) is 0 Å². The van der Waals surface area contributed by atoms with E-state index in [0.29, 0.717) is 47.8 Å². The predicted molar refractivity (Wildman–Crippen MR) is 175 cm³/mol. The quantitative estimate of drug-likeness (QED) is 0.217. The molecule has 0 saturated carbocycles. The number of anilines is 1. The van der Waals surface area contributed by atoms with Gasteiger partial charge in [-0.2, -0.15) is 10.4 Å². The van der Waals surface area contributed by atoms with Gasteiger partial charge in [0.1, 0.15) is 40.5 Å². The Kier molecular flexibility index (Phi) is 8.75. The molecule has 0 radical (unpaired) electrons. The number of fused-ring (bicyclic) bond motifs is 1. The zero-order valence-corrected chi connectivity index (χ0v) is 26.5. The zero-order valence-electron chi connectivity index (χ0n) is 26.5. The average molecular weight is 623 g/mol. The van der Waals surface area contributed by atoms with E-state index in [1.54, 1.807) is 35.4 Å². The third-order valence-electron chi connectivity index (χ3n) is 9.04. The number of amides is 1. The van der Waals surface area contributed by atoms with Gasteiger partial charge in [0.25, 0.3) is 5.91 Å². The van der Waals surface area contributed by atoms with Crippen molar-refractivity contribution < 1.29 is 13.9 Å².